The fraction of sp³-hybridized carbons (Fsp3) is 0.304. The van der Waals surface area contributed by atoms with Gasteiger partial charge in [-0.2, -0.15) is 0 Å². The Balaban J connectivity index is 2.13. The molecule has 158 valence electrons. The zero-order valence-electron chi connectivity index (χ0n) is 17.3. The van der Waals surface area contributed by atoms with E-state index in [0.717, 1.165) is 0 Å². The summed E-state index contributed by atoms with van der Waals surface area (Å²) in [4.78, 5) is 27.1. The van der Waals surface area contributed by atoms with Crippen molar-refractivity contribution in [2.75, 3.05) is 34.0 Å². The molecule has 0 aromatic heterocycles. The van der Waals surface area contributed by atoms with Crippen LogP contribution in [0.5, 0.6) is 11.5 Å². The maximum absolute atomic E-state index is 12.9. The summed E-state index contributed by atoms with van der Waals surface area (Å²) in [6.45, 7) is 2.83. The topological polar surface area (TPSA) is 85.3 Å². The maximum Gasteiger partial charge on any atom is 0.295 e. The SMILES string of the molecule is CCOc1cccc(C2C(=C(O)c3ccc(OC)cc3)C(=O)C(=O)N2CCOC)c1. The lowest BCUT2D eigenvalue weighted by atomic mass is 9.95. The molecule has 0 saturated carbocycles. The van der Waals surface area contributed by atoms with E-state index in [1.54, 1.807) is 55.6 Å². The van der Waals surface area contributed by atoms with Crippen LogP contribution >= 0.6 is 0 Å². The summed E-state index contributed by atoms with van der Waals surface area (Å²) in [7, 11) is 3.07. The normalized spacial score (nSPS) is 18.0. The van der Waals surface area contributed by atoms with Crippen molar-refractivity contribution >= 4 is 17.4 Å². The second-order valence-electron chi connectivity index (χ2n) is 6.72. The van der Waals surface area contributed by atoms with Crippen molar-refractivity contribution in [3.8, 4) is 11.5 Å². The number of amides is 1. The van der Waals surface area contributed by atoms with Gasteiger partial charge in [0.05, 0.1) is 31.9 Å². The van der Waals surface area contributed by atoms with Gasteiger partial charge in [0.25, 0.3) is 11.7 Å². The minimum absolute atomic E-state index is 0.0370. The first-order valence-corrected chi connectivity index (χ1v) is 9.66. The van der Waals surface area contributed by atoms with Gasteiger partial charge in [-0.05, 0) is 48.9 Å². The lowest BCUT2D eigenvalue weighted by Crippen LogP contribution is -2.32. The van der Waals surface area contributed by atoms with E-state index in [0.29, 0.717) is 29.2 Å². The van der Waals surface area contributed by atoms with E-state index in [4.69, 9.17) is 14.2 Å². The number of rotatable bonds is 8. The van der Waals surface area contributed by atoms with Crippen LogP contribution in [-0.4, -0.2) is 55.7 Å². The highest BCUT2D eigenvalue weighted by Gasteiger charge is 2.45. The number of carbonyl (C=O) groups excluding carboxylic acids is 2. The molecule has 1 heterocycles. The molecule has 3 rings (SSSR count). The molecule has 1 saturated heterocycles. The zero-order chi connectivity index (χ0) is 21.7. The molecular formula is C23H25NO6. The molecule has 7 nitrogen and oxygen atoms in total. The Bertz CT molecular complexity index is 950. The Morgan fingerprint density at radius 2 is 1.80 bits per heavy atom. The predicted octanol–water partition coefficient (Wildman–Crippen LogP) is 3.16. The summed E-state index contributed by atoms with van der Waals surface area (Å²) < 4.78 is 15.8. The van der Waals surface area contributed by atoms with Crippen LogP contribution in [0, 0.1) is 0 Å². The van der Waals surface area contributed by atoms with Gasteiger partial charge in [0.1, 0.15) is 17.3 Å². The van der Waals surface area contributed by atoms with Crippen LogP contribution in [0.15, 0.2) is 54.1 Å². The minimum atomic E-state index is -0.748. The van der Waals surface area contributed by atoms with Gasteiger partial charge in [-0.3, -0.25) is 9.59 Å². The average molecular weight is 411 g/mol. The second kappa shape index (κ2) is 9.45. The third-order valence-corrected chi connectivity index (χ3v) is 4.92. The molecule has 1 aliphatic heterocycles. The van der Waals surface area contributed by atoms with Crippen molar-refractivity contribution < 1.29 is 28.9 Å². The highest BCUT2D eigenvalue weighted by molar-refractivity contribution is 6.46. The van der Waals surface area contributed by atoms with Crippen molar-refractivity contribution in [2.24, 2.45) is 0 Å². The van der Waals surface area contributed by atoms with E-state index in [2.05, 4.69) is 0 Å². The minimum Gasteiger partial charge on any atom is -0.507 e. The Morgan fingerprint density at radius 3 is 2.43 bits per heavy atom. The maximum atomic E-state index is 12.9. The lowest BCUT2D eigenvalue weighted by molar-refractivity contribution is -0.140. The molecule has 1 N–H and O–H groups in total. The number of aliphatic hydroxyl groups is 1. The highest BCUT2D eigenvalue weighted by Crippen LogP contribution is 2.40. The van der Waals surface area contributed by atoms with Gasteiger partial charge in [0.2, 0.25) is 0 Å². The number of hydrogen-bond acceptors (Lipinski definition) is 6. The van der Waals surface area contributed by atoms with Crippen LogP contribution in [0.2, 0.25) is 0 Å². The first-order chi connectivity index (χ1) is 14.5. The van der Waals surface area contributed by atoms with Crippen LogP contribution in [0.1, 0.15) is 24.1 Å². The molecule has 0 radical (unpaired) electrons. The third kappa shape index (κ3) is 4.16. The van der Waals surface area contributed by atoms with Crippen LogP contribution < -0.4 is 9.47 Å². The summed E-state index contributed by atoms with van der Waals surface area (Å²) in [6, 6.07) is 13.1. The third-order valence-electron chi connectivity index (χ3n) is 4.92. The molecule has 1 aliphatic rings. The number of carbonyl (C=O) groups is 2. The second-order valence-corrected chi connectivity index (χ2v) is 6.72. The Labute approximate surface area is 175 Å². The fourth-order valence-electron chi connectivity index (χ4n) is 3.49. The molecule has 1 fully saturated rings. The average Bonchev–Trinajstić information content (AvgIpc) is 3.02. The molecule has 0 aliphatic carbocycles. The Kier molecular flexibility index (Phi) is 6.74. The van der Waals surface area contributed by atoms with Gasteiger partial charge in [-0.15, -0.1) is 0 Å². The Hall–Kier alpha value is -3.32. The first kappa shape index (κ1) is 21.4. The standard InChI is InChI=1S/C23H25NO6/c1-4-30-18-7-5-6-16(14-18)20-19(22(26)23(27)24(20)12-13-28-2)21(25)15-8-10-17(29-3)11-9-15/h5-11,14,20,25H,4,12-13H2,1-3H3. The highest BCUT2D eigenvalue weighted by atomic mass is 16.5. The van der Waals surface area contributed by atoms with E-state index in [-0.39, 0.29) is 24.5 Å². The van der Waals surface area contributed by atoms with Gasteiger partial charge in [-0.25, -0.2) is 0 Å². The van der Waals surface area contributed by atoms with Crippen molar-refractivity contribution in [2.45, 2.75) is 13.0 Å². The Morgan fingerprint density at radius 1 is 1.07 bits per heavy atom. The molecule has 0 bridgehead atoms. The van der Waals surface area contributed by atoms with Crippen molar-refractivity contribution in [3.05, 3.63) is 65.2 Å². The number of nitrogens with zero attached hydrogens (tertiary/aromatic N) is 1. The van der Waals surface area contributed by atoms with E-state index in [1.807, 2.05) is 6.92 Å². The smallest absolute Gasteiger partial charge is 0.295 e. The molecule has 30 heavy (non-hydrogen) atoms. The number of ether oxygens (including phenoxy) is 3. The van der Waals surface area contributed by atoms with E-state index < -0.39 is 17.7 Å². The van der Waals surface area contributed by atoms with E-state index >= 15 is 0 Å². The van der Waals surface area contributed by atoms with Gasteiger partial charge < -0.3 is 24.2 Å². The van der Waals surface area contributed by atoms with Gasteiger partial charge >= 0.3 is 0 Å². The van der Waals surface area contributed by atoms with Crippen molar-refractivity contribution in [1.29, 1.82) is 0 Å². The molecule has 1 atom stereocenters. The molecule has 1 amide bonds. The lowest BCUT2D eigenvalue weighted by Gasteiger charge is -2.25. The van der Waals surface area contributed by atoms with E-state index in [9.17, 15) is 14.7 Å². The molecule has 0 spiro atoms. The summed E-state index contributed by atoms with van der Waals surface area (Å²) in [6.07, 6.45) is 0. The summed E-state index contributed by atoms with van der Waals surface area (Å²) in [5, 5.41) is 11.0. The number of aliphatic hydroxyl groups excluding tert-OH is 1. The van der Waals surface area contributed by atoms with Crippen LogP contribution in [0.3, 0.4) is 0 Å². The van der Waals surface area contributed by atoms with Crippen LogP contribution in [0.4, 0.5) is 0 Å². The largest absolute Gasteiger partial charge is 0.507 e. The van der Waals surface area contributed by atoms with Crippen molar-refractivity contribution in [3.63, 3.8) is 0 Å². The van der Waals surface area contributed by atoms with Crippen LogP contribution in [0.25, 0.3) is 5.76 Å². The summed E-state index contributed by atoms with van der Waals surface area (Å²) >= 11 is 0. The van der Waals surface area contributed by atoms with Gasteiger partial charge in [0, 0.05) is 19.2 Å². The van der Waals surface area contributed by atoms with Gasteiger partial charge in [0.15, 0.2) is 0 Å². The fourth-order valence-corrected chi connectivity index (χ4v) is 3.49. The number of hydrogen-bond donors (Lipinski definition) is 1. The molecule has 7 heteroatoms. The predicted molar refractivity (Wildman–Crippen MR) is 111 cm³/mol. The molecular weight excluding hydrogens is 386 g/mol. The van der Waals surface area contributed by atoms with E-state index in [1.165, 1.54) is 12.0 Å². The number of methoxy groups -OCH3 is 2. The molecule has 2 aromatic rings. The number of Topliss-reactive ketones (excluding diaryl/α,β-unsaturated/α-hetero) is 1. The number of benzene rings is 2. The zero-order valence-corrected chi connectivity index (χ0v) is 17.3. The quantitative estimate of drug-likeness (QED) is 0.408. The van der Waals surface area contributed by atoms with Crippen molar-refractivity contribution in [1.82, 2.24) is 4.90 Å². The first-order valence-electron chi connectivity index (χ1n) is 9.66. The molecule has 1 unspecified atom stereocenters. The monoisotopic (exact) mass is 411 g/mol. The summed E-state index contributed by atoms with van der Waals surface area (Å²) in [5.74, 6) is -0.396. The number of likely N-dealkylation sites (tertiary alicyclic amines) is 1. The van der Waals surface area contributed by atoms with Crippen LogP contribution in [-0.2, 0) is 14.3 Å². The molecule has 2 aromatic carbocycles. The number of ketones is 1. The van der Waals surface area contributed by atoms with Gasteiger partial charge in [-0.1, -0.05) is 12.1 Å². The summed E-state index contributed by atoms with van der Waals surface area (Å²) in [5.41, 5.74) is 1.13.